The van der Waals surface area contributed by atoms with Crippen molar-refractivity contribution in [3.63, 3.8) is 0 Å². The Hall–Kier alpha value is -1.23. The van der Waals surface area contributed by atoms with Crippen LogP contribution in [0.2, 0.25) is 0 Å². The highest BCUT2D eigenvalue weighted by molar-refractivity contribution is 5.27. The fourth-order valence-corrected chi connectivity index (χ4v) is 0.997. The molecular formula is C9H8F3NO. The van der Waals surface area contributed by atoms with Crippen LogP contribution in [0.4, 0.5) is 13.2 Å². The largest absolute Gasteiger partial charge is 0.482 e. The summed E-state index contributed by atoms with van der Waals surface area (Å²) in [6.07, 6.45) is -1.47. The van der Waals surface area contributed by atoms with Crippen molar-refractivity contribution in [3.05, 3.63) is 29.6 Å². The molecule has 2 rings (SSSR count). The van der Waals surface area contributed by atoms with Crippen LogP contribution in [0.5, 0.6) is 5.75 Å². The van der Waals surface area contributed by atoms with Crippen molar-refractivity contribution in [2.75, 3.05) is 13.1 Å². The van der Waals surface area contributed by atoms with Crippen molar-refractivity contribution in [1.29, 1.82) is 0 Å². The van der Waals surface area contributed by atoms with E-state index in [2.05, 4.69) is 5.32 Å². The molecule has 0 amide bonds. The van der Waals surface area contributed by atoms with Crippen molar-refractivity contribution >= 4 is 0 Å². The smallest absolute Gasteiger partial charge is 0.203 e. The lowest BCUT2D eigenvalue weighted by Crippen LogP contribution is -2.50. The van der Waals surface area contributed by atoms with Crippen molar-refractivity contribution in [1.82, 2.24) is 5.32 Å². The summed E-state index contributed by atoms with van der Waals surface area (Å²) in [6, 6.07) is -0.364. The zero-order valence-corrected chi connectivity index (χ0v) is 7.03. The Morgan fingerprint density at radius 3 is 2.71 bits per heavy atom. The molecule has 1 fully saturated rings. The van der Waals surface area contributed by atoms with E-state index >= 15 is 0 Å². The van der Waals surface area contributed by atoms with Crippen LogP contribution in [0.3, 0.4) is 0 Å². The van der Waals surface area contributed by atoms with Crippen LogP contribution >= 0.6 is 0 Å². The van der Waals surface area contributed by atoms with Gasteiger partial charge in [-0.1, -0.05) is 0 Å². The third-order valence-corrected chi connectivity index (χ3v) is 1.83. The first-order valence-electron chi connectivity index (χ1n) is 4.97. The number of nitrogens with one attached hydrogen (secondary N) is 1. The van der Waals surface area contributed by atoms with Gasteiger partial charge in [0.2, 0.25) is 5.82 Å². The number of rotatable bonds is 2. The molecule has 0 bridgehead atoms. The molecule has 2 nitrogen and oxygen atoms in total. The molecule has 0 spiro atoms. The van der Waals surface area contributed by atoms with Crippen LogP contribution < -0.4 is 10.1 Å². The van der Waals surface area contributed by atoms with E-state index in [1.165, 1.54) is 0 Å². The summed E-state index contributed by atoms with van der Waals surface area (Å²) in [7, 11) is 0. The Balaban J connectivity index is 2.36. The maximum atomic E-state index is 13.3. The Kier molecular flexibility index (Phi) is 1.77. The average molecular weight is 205 g/mol. The maximum Gasteiger partial charge on any atom is 0.203 e. The summed E-state index contributed by atoms with van der Waals surface area (Å²) in [5, 5.41) is 2.70. The van der Waals surface area contributed by atoms with Crippen LogP contribution in [0.1, 0.15) is 2.74 Å². The number of benzene rings is 1. The SMILES string of the molecule is [2H]c1cc(F)c(OC2([2H])CNC2)c(F)c1F. The van der Waals surface area contributed by atoms with Gasteiger partial charge in [-0.25, -0.2) is 8.78 Å². The van der Waals surface area contributed by atoms with Gasteiger partial charge in [-0.2, -0.15) is 4.39 Å². The van der Waals surface area contributed by atoms with E-state index in [1.54, 1.807) is 0 Å². The summed E-state index contributed by atoms with van der Waals surface area (Å²) >= 11 is 0. The van der Waals surface area contributed by atoms with Crippen LogP contribution in [-0.4, -0.2) is 19.2 Å². The van der Waals surface area contributed by atoms with E-state index in [0.717, 1.165) is 0 Å². The minimum absolute atomic E-state index is 0.107. The standard InChI is InChI=1S/C9H8F3NO/c10-6-1-2-7(11)9(8(6)12)14-5-3-13-4-5/h1-2,5,13H,3-4H2/i1D,5D. The second kappa shape index (κ2) is 3.49. The summed E-state index contributed by atoms with van der Waals surface area (Å²) in [5.41, 5.74) is 0. The molecule has 0 saturated carbocycles. The summed E-state index contributed by atoms with van der Waals surface area (Å²) in [6.45, 7) is 0.215. The third kappa shape index (κ3) is 1.55. The van der Waals surface area contributed by atoms with Crippen molar-refractivity contribution in [2.45, 2.75) is 6.08 Å². The van der Waals surface area contributed by atoms with E-state index in [-0.39, 0.29) is 13.1 Å². The lowest BCUT2D eigenvalue weighted by Gasteiger charge is -2.28. The zero-order valence-electron chi connectivity index (χ0n) is 9.03. The monoisotopic (exact) mass is 205 g/mol. The van der Waals surface area contributed by atoms with Gasteiger partial charge in [0.25, 0.3) is 0 Å². The minimum atomic E-state index is -1.57. The van der Waals surface area contributed by atoms with Gasteiger partial charge in [-0.3, -0.25) is 0 Å². The molecule has 1 N–H and O–H groups in total. The minimum Gasteiger partial charge on any atom is -0.482 e. The fourth-order valence-electron chi connectivity index (χ4n) is 0.997. The highest BCUT2D eigenvalue weighted by Gasteiger charge is 2.23. The fraction of sp³-hybridized carbons (Fsp3) is 0.333. The molecule has 1 aliphatic heterocycles. The first-order valence-corrected chi connectivity index (χ1v) is 3.97. The molecule has 14 heavy (non-hydrogen) atoms. The molecule has 1 aromatic rings. The van der Waals surface area contributed by atoms with Crippen molar-refractivity contribution in [2.24, 2.45) is 0 Å². The number of ether oxygens (including phenoxy) is 1. The van der Waals surface area contributed by atoms with Crippen molar-refractivity contribution in [3.8, 4) is 5.75 Å². The molecule has 0 unspecified atom stereocenters. The van der Waals surface area contributed by atoms with Crippen LogP contribution in [0.15, 0.2) is 12.1 Å². The van der Waals surface area contributed by atoms with Gasteiger partial charge >= 0.3 is 0 Å². The highest BCUT2D eigenvalue weighted by Crippen LogP contribution is 2.25. The van der Waals surface area contributed by atoms with Crippen molar-refractivity contribution < 1.29 is 20.6 Å². The van der Waals surface area contributed by atoms with Gasteiger partial charge in [0.15, 0.2) is 17.4 Å². The summed E-state index contributed by atoms with van der Waals surface area (Å²) < 4.78 is 58.7. The topological polar surface area (TPSA) is 21.3 Å². The average Bonchev–Trinajstić information content (AvgIpc) is 2.19. The first kappa shape index (κ1) is 7.11. The van der Waals surface area contributed by atoms with E-state index < -0.39 is 35.3 Å². The van der Waals surface area contributed by atoms with Gasteiger partial charge in [0, 0.05) is 13.1 Å². The summed E-state index contributed by atoms with van der Waals surface area (Å²) in [5.74, 6) is -5.16. The zero-order chi connectivity index (χ0) is 11.9. The lowest BCUT2D eigenvalue weighted by atomic mass is 10.2. The number of hydrogen-bond donors (Lipinski definition) is 1. The number of hydrogen-bond acceptors (Lipinski definition) is 2. The molecule has 5 heteroatoms. The molecule has 76 valence electrons. The molecule has 0 aliphatic carbocycles. The second-order valence-corrected chi connectivity index (χ2v) is 2.84. The molecule has 1 heterocycles. The van der Waals surface area contributed by atoms with Gasteiger partial charge in [-0.05, 0) is 12.1 Å². The lowest BCUT2D eigenvalue weighted by molar-refractivity contribution is 0.128. The molecule has 0 atom stereocenters. The molecule has 0 radical (unpaired) electrons. The van der Waals surface area contributed by atoms with Gasteiger partial charge in [0.1, 0.15) is 6.08 Å². The highest BCUT2D eigenvalue weighted by atomic mass is 19.2. The Bertz CT molecular complexity index is 437. The number of halogens is 3. The third-order valence-electron chi connectivity index (χ3n) is 1.83. The van der Waals surface area contributed by atoms with Gasteiger partial charge in [-0.15, -0.1) is 0 Å². The second-order valence-electron chi connectivity index (χ2n) is 2.84. The van der Waals surface area contributed by atoms with E-state index in [9.17, 15) is 13.2 Å². The predicted octanol–water partition coefficient (Wildman–Crippen LogP) is 1.45. The molecule has 0 aromatic heterocycles. The van der Waals surface area contributed by atoms with E-state index in [0.29, 0.717) is 6.07 Å². The first-order chi connectivity index (χ1) is 7.43. The Labute approximate surface area is 81.5 Å². The van der Waals surface area contributed by atoms with Crippen LogP contribution in [0.25, 0.3) is 0 Å². The Morgan fingerprint density at radius 1 is 1.43 bits per heavy atom. The normalized spacial score (nSPS) is 20.8. The molecule has 1 aliphatic rings. The quantitative estimate of drug-likeness (QED) is 0.738. The molecule has 1 aromatic carbocycles. The van der Waals surface area contributed by atoms with E-state index in [4.69, 9.17) is 7.48 Å². The predicted molar refractivity (Wildman–Crippen MR) is 43.6 cm³/mol. The van der Waals surface area contributed by atoms with E-state index in [1.807, 2.05) is 0 Å². The van der Waals surface area contributed by atoms with Crippen LogP contribution in [-0.2, 0) is 0 Å². The summed E-state index contributed by atoms with van der Waals surface area (Å²) in [4.78, 5) is 0. The maximum absolute atomic E-state index is 13.3. The Morgan fingerprint density at radius 2 is 2.14 bits per heavy atom. The molecular weight excluding hydrogens is 195 g/mol. The van der Waals surface area contributed by atoms with Gasteiger partial charge < -0.3 is 10.1 Å². The van der Waals surface area contributed by atoms with Crippen LogP contribution in [0, 0.1) is 17.5 Å². The molecule has 1 saturated heterocycles. The van der Waals surface area contributed by atoms with Gasteiger partial charge in [0.05, 0.1) is 2.74 Å².